The number of hydrogen-bond acceptors (Lipinski definition) is 1. The lowest BCUT2D eigenvalue weighted by molar-refractivity contribution is -0.688. The van der Waals surface area contributed by atoms with Crippen LogP contribution in [0.15, 0.2) is 54.9 Å². The second-order valence-corrected chi connectivity index (χ2v) is 4.88. The Morgan fingerprint density at radius 2 is 1.68 bits per heavy atom. The summed E-state index contributed by atoms with van der Waals surface area (Å²) in [6.45, 7) is 4.22. The van der Waals surface area contributed by atoms with Gasteiger partial charge in [0.05, 0.1) is 0 Å². The zero-order chi connectivity index (χ0) is 13.3. The lowest BCUT2D eigenvalue weighted by Crippen LogP contribution is -2.33. The van der Waals surface area contributed by atoms with Crippen LogP contribution in [0.3, 0.4) is 0 Å². The number of nitrogens with zero attached hydrogens (tertiary/aromatic N) is 1. The molecule has 1 N–H and O–H groups in total. The molecule has 0 bridgehead atoms. The highest BCUT2D eigenvalue weighted by molar-refractivity contribution is 5.39. The highest BCUT2D eigenvalue weighted by Gasteiger charge is 2.02. The molecule has 19 heavy (non-hydrogen) atoms. The SMILES string of the molecule is CCCCCNc1cc[n+](Cc2ccccc2)cc1. The second-order valence-electron chi connectivity index (χ2n) is 4.88. The summed E-state index contributed by atoms with van der Waals surface area (Å²) in [5.74, 6) is 0. The van der Waals surface area contributed by atoms with E-state index in [1.807, 2.05) is 0 Å². The van der Waals surface area contributed by atoms with E-state index in [0.717, 1.165) is 13.1 Å². The van der Waals surface area contributed by atoms with E-state index in [1.165, 1.54) is 30.5 Å². The third-order valence-electron chi connectivity index (χ3n) is 3.21. The first-order valence-corrected chi connectivity index (χ1v) is 7.15. The quantitative estimate of drug-likeness (QED) is 0.590. The minimum Gasteiger partial charge on any atom is -0.385 e. The van der Waals surface area contributed by atoms with Gasteiger partial charge in [0.2, 0.25) is 0 Å². The van der Waals surface area contributed by atoms with Gasteiger partial charge in [-0.1, -0.05) is 50.1 Å². The summed E-state index contributed by atoms with van der Waals surface area (Å²) in [7, 11) is 0. The first-order chi connectivity index (χ1) is 9.38. The van der Waals surface area contributed by atoms with Gasteiger partial charge < -0.3 is 5.32 Å². The van der Waals surface area contributed by atoms with Gasteiger partial charge in [-0.25, -0.2) is 4.57 Å². The summed E-state index contributed by atoms with van der Waals surface area (Å²) in [5.41, 5.74) is 2.54. The third kappa shape index (κ3) is 4.74. The van der Waals surface area contributed by atoms with Crippen molar-refractivity contribution in [1.82, 2.24) is 0 Å². The van der Waals surface area contributed by atoms with Crippen LogP contribution in [0.4, 0.5) is 5.69 Å². The van der Waals surface area contributed by atoms with E-state index in [1.54, 1.807) is 0 Å². The Morgan fingerprint density at radius 3 is 2.37 bits per heavy atom. The largest absolute Gasteiger partial charge is 0.385 e. The van der Waals surface area contributed by atoms with Crippen molar-refractivity contribution >= 4 is 5.69 Å². The van der Waals surface area contributed by atoms with Crippen LogP contribution in [0.1, 0.15) is 31.7 Å². The van der Waals surface area contributed by atoms with E-state index >= 15 is 0 Å². The molecule has 0 saturated carbocycles. The van der Waals surface area contributed by atoms with Gasteiger partial charge in [-0.05, 0) is 6.42 Å². The summed E-state index contributed by atoms with van der Waals surface area (Å²) >= 11 is 0. The van der Waals surface area contributed by atoms with Crippen molar-refractivity contribution in [3.05, 3.63) is 60.4 Å². The molecule has 1 aromatic carbocycles. The lowest BCUT2D eigenvalue weighted by Gasteiger charge is -2.04. The number of nitrogens with one attached hydrogen (secondary N) is 1. The van der Waals surface area contributed by atoms with Crippen LogP contribution >= 0.6 is 0 Å². The van der Waals surface area contributed by atoms with Gasteiger partial charge in [-0.3, -0.25) is 0 Å². The Kier molecular flexibility index (Phi) is 5.42. The van der Waals surface area contributed by atoms with E-state index in [9.17, 15) is 0 Å². The Bertz CT molecular complexity index is 462. The standard InChI is InChI=1S/C17H22N2/c1-2-3-7-12-18-17-10-13-19(14-11-17)15-16-8-5-4-6-9-16/h4-6,8-11,13-14H,2-3,7,12,15H2,1H3/p+1. The van der Waals surface area contributed by atoms with E-state index < -0.39 is 0 Å². The molecule has 0 atom stereocenters. The second kappa shape index (κ2) is 7.57. The van der Waals surface area contributed by atoms with E-state index in [2.05, 4.69) is 71.7 Å². The molecule has 0 radical (unpaired) electrons. The van der Waals surface area contributed by atoms with Crippen molar-refractivity contribution in [2.24, 2.45) is 0 Å². The maximum Gasteiger partial charge on any atom is 0.173 e. The van der Waals surface area contributed by atoms with Gasteiger partial charge in [-0.2, -0.15) is 0 Å². The van der Waals surface area contributed by atoms with Crippen LogP contribution in [-0.2, 0) is 6.54 Å². The van der Waals surface area contributed by atoms with Crippen LogP contribution in [0.25, 0.3) is 0 Å². The minimum absolute atomic E-state index is 0.928. The predicted molar refractivity (Wildman–Crippen MR) is 80.2 cm³/mol. The molecule has 0 spiro atoms. The monoisotopic (exact) mass is 255 g/mol. The third-order valence-corrected chi connectivity index (χ3v) is 3.21. The molecule has 0 amide bonds. The van der Waals surface area contributed by atoms with E-state index in [4.69, 9.17) is 0 Å². The van der Waals surface area contributed by atoms with Gasteiger partial charge in [-0.15, -0.1) is 0 Å². The molecular weight excluding hydrogens is 232 g/mol. The number of rotatable bonds is 7. The van der Waals surface area contributed by atoms with E-state index in [-0.39, 0.29) is 0 Å². The van der Waals surface area contributed by atoms with Gasteiger partial charge in [0, 0.05) is 29.9 Å². The molecule has 0 aliphatic heterocycles. The number of anilines is 1. The van der Waals surface area contributed by atoms with Crippen LogP contribution in [0.5, 0.6) is 0 Å². The summed E-state index contributed by atoms with van der Waals surface area (Å²) < 4.78 is 2.20. The normalized spacial score (nSPS) is 10.4. The molecule has 100 valence electrons. The maximum absolute atomic E-state index is 3.46. The molecule has 1 heterocycles. The fourth-order valence-electron chi connectivity index (χ4n) is 2.08. The molecule has 2 nitrogen and oxygen atoms in total. The first-order valence-electron chi connectivity index (χ1n) is 7.15. The number of aromatic nitrogens is 1. The molecule has 2 heteroatoms. The van der Waals surface area contributed by atoms with Gasteiger partial charge >= 0.3 is 0 Å². The predicted octanol–water partition coefficient (Wildman–Crippen LogP) is 3.62. The molecule has 0 aliphatic rings. The highest BCUT2D eigenvalue weighted by atomic mass is 14.9. The van der Waals surface area contributed by atoms with Crippen LogP contribution in [0, 0.1) is 0 Å². The Labute approximate surface area is 116 Å². The fraction of sp³-hybridized carbons (Fsp3) is 0.353. The number of pyridine rings is 1. The minimum atomic E-state index is 0.928. The fourth-order valence-corrected chi connectivity index (χ4v) is 2.08. The summed E-state index contributed by atoms with van der Waals surface area (Å²) in [6.07, 6.45) is 8.08. The van der Waals surface area contributed by atoms with E-state index in [0.29, 0.717) is 0 Å². The number of hydrogen-bond donors (Lipinski definition) is 1. The van der Waals surface area contributed by atoms with Crippen molar-refractivity contribution in [2.75, 3.05) is 11.9 Å². The van der Waals surface area contributed by atoms with Crippen molar-refractivity contribution in [3.63, 3.8) is 0 Å². The zero-order valence-corrected chi connectivity index (χ0v) is 11.7. The average Bonchev–Trinajstić information content (AvgIpc) is 2.46. The zero-order valence-electron chi connectivity index (χ0n) is 11.7. The highest BCUT2D eigenvalue weighted by Crippen LogP contribution is 2.04. The molecule has 2 aromatic rings. The first kappa shape index (κ1) is 13.6. The smallest absolute Gasteiger partial charge is 0.173 e. The van der Waals surface area contributed by atoms with Crippen LogP contribution < -0.4 is 9.88 Å². The van der Waals surface area contributed by atoms with Crippen LogP contribution in [-0.4, -0.2) is 6.54 Å². The van der Waals surface area contributed by atoms with Gasteiger partial charge in [0.15, 0.2) is 18.9 Å². The topological polar surface area (TPSA) is 15.9 Å². The number of unbranched alkanes of at least 4 members (excludes halogenated alkanes) is 2. The van der Waals surface area contributed by atoms with Crippen molar-refractivity contribution in [3.8, 4) is 0 Å². The van der Waals surface area contributed by atoms with Crippen molar-refractivity contribution in [1.29, 1.82) is 0 Å². The van der Waals surface area contributed by atoms with Crippen molar-refractivity contribution in [2.45, 2.75) is 32.7 Å². The molecule has 0 aliphatic carbocycles. The molecule has 0 saturated heterocycles. The Hall–Kier alpha value is -1.83. The number of benzene rings is 1. The van der Waals surface area contributed by atoms with Gasteiger partial charge in [0.25, 0.3) is 0 Å². The molecule has 2 rings (SSSR count). The molecular formula is C17H23N2+. The van der Waals surface area contributed by atoms with Gasteiger partial charge in [0.1, 0.15) is 0 Å². The van der Waals surface area contributed by atoms with Crippen LogP contribution in [0.2, 0.25) is 0 Å². The Balaban J connectivity index is 1.84. The lowest BCUT2D eigenvalue weighted by atomic mass is 10.2. The molecule has 0 unspecified atom stereocenters. The summed E-state index contributed by atoms with van der Waals surface area (Å²) in [6, 6.07) is 14.8. The Morgan fingerprint density at radius 1 is 0.947 bits per heavy atom. The summed E-state index contributed by atoms with van der Waals surface area (Å²) in [5, 5.41) is 3.46. The van der Waals surface area contributed by atoms with Crippen molar-refractivity contribution < 1.29 is 4.57 Å². The average molecular weight is 255 g/mol. The maximum atomic E-state index is 3.46. The molecule has 1 aromatic heterocycles. The molecule has 0 fully saturated rings. The summed E-state index contributed by atoms with van der Waals surface area (Å²) in [4.78, 5) is 0.